The average Bonchev–Trinajstić information content (AvgIpc) is 3.30. The van der Waals surface area contributed by atoms with Gasteiger partial charge in [-0.15, -0.1) is 0 Å². The van der Waals surface area contributed by atoms with Gasteiger partial charge in [-0.1, -0.05) is 36.4 Å². The number of nitrogens with zero attached hydrogens (tertiary/aromatic N) is 2. The number of hydrogen-bond donors (Lipinski definition) is 1. The van der Waals surface area contributed by atoms with E-state index in [4.69, 9.17) is 4.42 Å². The Morgan fingerprint density at radius 3 is 2.24 bits per heavy atom. The zero-order valence-corrected chi connectivity index (χ0v) is 18.5. The zero-order valence-electron chi connectivity index (χ0n) is 18.5. The summed E-state index contributed by atoms with van der Waals surface area (Å²) in [6, 6.07) is 9.47. The second kappa shape index (κ2) is 8.04. The Labute approximate surface area is 191 Å². The smallest absolute Gasteiger partial charge is 0.430 e. The van der Waals surface area contributed by atoms with E-state index in [0.29, 0.717) is 23.2 Å². The molecule has 0 saturated heterocycles. The molecule has 2 heterocycles. The first-order valence-electron chi connectivity index (χ1n) is 10.5. The molecule has 1 aromatic heterocycles. The molecule has 3 aromatic rings. The molecule has 0 radical (unpaired) electrons. The monoisotopic (exact) mass is 484 g/mol. The summed E-state index contributed by atoms with van der Waals surface area (Å²) >= 11 is 0. The maximum absolute atomic E-state index is 13.4. The van der Waals surface area contributed by atoms with E-state index < -0.39 is 29.6 Å². The first-order valence-corrected chi connectivity index (χ1v) is 10.5. The minimum atomic E-state index is -5.94. The Morgan fingerprint density at radius 2 is 1.68 bits per heavy atom. The average molecular weight is 484 g/mol. The van der Waals surface area contributed by atoms with Crippen molar-refractivity contribution >= 4 is 5.69 Å². The van der Waals surface area contributed by atoms with Crippen molar-refractivity contribution in [1.82, 2.24) is 4.98 Å². The molecule has 2 unspecified atom stereocenters. The summed E-state index contributed by atoms with van der Waals surface area (Å²) in [6.45, 7) is 5.49. The lowest BCUT2D eigenvalue weighted by Crippen LogP contribution is -2.53. The molecule has 0 fully saturated rings. The molecule has 1 N–H and O–H groups in total. The highest BCUT2D eigenvalue weighted by Crippen LogP contribution is 2.52. The second-order valence-corrected chi connectivity index (χ2v) is 8.56. The molecule has 2 aromatic carbocycles. The van der Waals surface area contributed by atoms with Crippen molar-refractivity contribution in [2.75, 3.05) is 4.90 Å². The second-order valence-electron chi connectivity index (χ2n) is 8.56. The minimum absolute atomic E-state index is 0.189. The lowest BCUT2D eigenvalue weighted by Gasteiger charge is -2.35. The predicted molar refractivity (Wildman–Crippen MR) is 112 cm³/mol. The van der Waals surface area contributed by atoms with Crippen LogP contribution in [0.1, 0.15) is 46.7 Å². The molecule has 0 bridgehead atoms. The van der Waals surface area contributed by atoms with Crippen molar-refractivity contribution in [3.8, 4) is 0 Å². The largest absolute Gasteiger partial charge is 0.448 e. The summed E-state index contributed by atoms with van der Waals surface area (Å²) < 4.78 is 85.9. The van der Waals surface area contributed by atoms with E-state index in [9.17, 15) is 31.4 Å². The van der Waals surface area contributed by atoms with Crippen LogP contribution in [-0.2, 0) is 12.0 Å². The van der Waals surface area contributed by atoms with Crippen LogP contribution in [0.15, 0.2) is 53.3 Å². The number of aromatic nitrogens is 1. The van der Waals surface area contributed by atoms with Gasteiger partial charge in [0.1, 0.15) is 17.5 Å². The fourth-order valence-corrected chi connectivity index (χ4v) is 4.66. The van der Waals surface area contributed by atoms with Gasteiger partial charge in [0.15, 0.2) is 6.39 Å². The van der Waals surface area contributed by atoms with Gasteiger partial charge in [-0.3, -0.25) is 0 Å². The molecule has 0 saturated carbocycles. The molecule has 10 heteroatoms. The van der Waals surface area contributed by atoms with Crippen molar-refractivity contribution in [3.05, 3.63) is 82.6 Å². The fraction of sp³-hybridized carbons (Fsp3) is 0.375. The third-order valence-electron chi connectivity index (χ3n) is 6.39. The summed E-state index contributed by atoms with van der Waals surface area (Å²) in [7, 11) is 0. The Morgan fingerprint density at radius 1 is 1.03 bits per heavy atom. The maximum Gasteiger partial charge on any atom is 0.430 e. The van der Waals surface area contributed by atoms with E-state index in [1.807, 2.05) is 43.0 Å². The summed E-state index contributed by atoms with van der Waals surface area (Å²) in [6.07, 6.45) is -10.4. The molecular weight excluding hydrogens is 462 g/mol. The molecule has 4 nitrogen and oxygen atoms in total. The van der Waals surface area contributed by atoms with Crippen LogP contribution < -0.4 is 4.90 Å². The van der Waals surface area contributed by atoms with Gasteiger partial charge in [0, 0.05) is 17.3 Å². The van der Waals surface area contributed by atoms with Gasteiger partial charge < -0.3 is 14.4 Å². The first kappa shape index (κ1) is 24.1. The Hall–Kier alpha value is -3.01. The van der Waals surface area contributed by atoms with Crippen LogP contribution in [-0.4, -0.2) is 28.5 Å². The van der Waals surface area contributed by atoms with Gasteiger partial charge in [-0.25, -0.2) is 4.98 Å². The standard InChI is InChI=1S/C24H22F6N2O2/c1-13-6-4-5-7-18(13)21(20-15(3)34-12-31-20)32-14(2)10-16-11-17(8-9-19(16)32)22(33,23(25,26)27)24(28,29)30/h4-9,11-12,14,21,33H,10H2,1-3H3. The SMILES string of the molecule is Cc1ccccc1C(c1ncoc1C)N1c2ccc(C(O)(C(F)(F)F)C(F)(F)F)cc2CC1C. The first-order chi connectivity index (χ1) is 15.8. The lowest BCUT2D eigenvalue weighted by atomic mass is 9.90. The fourth-order valence-electron chi connectivity index (χ4n) is 4.66. The van der Waals surface area contributed by atoms with E-state index in [0.717, 1.165) is 17.2 Å². The summed E-state index contributed by atoms with van der Waals surface area (Å²) in [5.41, 5.74) is -3.06. The predicted octanol–water partition coefficient (Wildman–Crippen LogP) is 6.14. The molecular formula is C24H22F6N2O2. The number of halogens is 6. The highest BCUT2D eigenvalue weighted by Gasteiger charge is 2.71. The summed E-state index contributed by atoms with van der Waals surface area (Å²) in [4.78, 5) is 6.28. The van der Waals surface area contributed by atoms with Gasteiger partial charge >= 0.3 is 12.4 Å². The zero-order chi connectivity index (χ0) is 25.1. The number of alkyl halides is 6. The van der Waals surface area contributed by atoms with Crippen LogP contribution in [0, 0.1) is 13.8 Å². The topological polar surface area (TPSA) is 49.5 Å². The van der Waals surface area contributed by atoms with Crippen molar-refractivity contribution in [2.45, 2.75) is 57.2 Å². The normalized spacial score (nSPS) is 17.7. The maximum atomic E-state index is 13.4. The molecule has 34 heavy (non-hydrogen) atoms. The van der Waals surface area contributed by atoms with Crippen LogP contribution in [0.3, 0.4) is 0 Å². The lowest BCUT2D eigenvalue weighted by molar-refractivity contribution is -0.376. The number of aliphatic hydroxyl groups is 1. The van der Waals surface area contributed by atoms with Gasteiger partial charge in [0.2, 0.25) is 0 Å². The van der Waals surface area contributed by atoms with E-state index in [1.54, 1.807) is 6.92 Å². The number of benzene rings is 2. The van der Waals surface area contributed by atoms with E-state index in [2.05, 4.69) is 4.98 Å². The van der Waals surface area contributed by atoms with Crippen molar-refractivity contribution in [3.63, 3.8) is 0 Å². The van der Waals surface area contributed by atoms with Crippen molar-refractivity contribution in [1.29, 1.82) is 0 Å². The Balaban J connectivity index is 1.87. The quantitative estimate of drug-likeness (QED) is 0.452. The van der Waals surface area contributed by atoms with Crippen LogP contribution >= 0.6 is 0 Å². The number of hydrogen-bond acceptors (Lipinski definition) is 4. The van der Waals surface area contributed by atoms with E-state index >= 15 is 0 Å². The Kier molecular flexibility index (Phi) is 5.70. The number of anilines is 1. The van der Waals surface area contributed by atoms with Crippen LogP contribution in [0.2, 0.25) is 0 Å². The highest BCUT2D eigenvalue weighted by atomic mass is 19.4. The molecule has 0 aliphatic carbocycles. The number of fused-ring (bicyclic) bond motifs is 1. The number of aryl methyl sites for hydroxylation is 2. The number of rotatable bonds is 4. The third-order valence-corrected chi connectivity index (χ3v) is 6.39. The van der Waals surface area contributed by atoms with Gasteiger partial charge in [-0.2, -0.15) is 26.3 Å². The van der Waals surface area contributed by atoms with Crippen molar-refractivity contribution < 1.29 is 35.9 Å². The van der Waals surface area contributed by atoms with Crippen LogP contribution in [0.25, 0.3) is 0 Å². The Bertz CT molecular complexity index is 1190. The van der Waals surface area contributed by atoms with Gasteiger partial charge in [-0.05, 0) is 49.9 Å². The van der Waals surface area contributed by atoms with E-state index in [-0.39, 0.29) is 18.0 Å². The summed E-state index contributed by atoms with van der Waals surface area (Å²) in [5, 5.41) is 9.84. The highest BCUT2D eigenvalue weighted by molar-refractivity contribution is 5.64. The molecule has 0 amide bonds. The molecule has 2 atom stereocenters. The minimum Gasteiger partial charge on any atom is -0.448 e. The summed E-state index contributed by atoms with van der Waals surface area (Å²) in [5.74, 6) is 0.550. The number of oxazole rings is 1. The van der Waals surface area contributed by atoms with Crippen molar-refractivity contribution in [2.24, 2.45) is 0 Å². The molecule has 4 rings (SSSR count). The molecule has 182 valence electrons. The van der Waals surface area contributed by atoms with Gasteiger partial charge in [0.05, 0.1) is 0 Å². The van der Waals surface area contributed by atoms with E-state index in [1.165, 1.54) is 12.5 Å². The third kappa shape index (κ3) is 3.64. The molecule has 0 spiro atoms. The van der Waals surface area contributed by atoms with Crippen LogP contribution in [0.4, 0.5) is 32.0 Å². The van der Waals surface area contributed by atoms with Crippen LogP contribution in [0.5, 0.6) is 0 Å². The molecule has 1 aliphatic heterocycles. The van der Waals surface area contributed by atoms with Gasteiger partial charge in [0.25, 0.3) is 5.60 Å². The molecule has 1 aliphatic rings.